The Balaban J connectivity index is 1.44. The molecule has 3 aliphatic rings. The van der Waals surface area contributed by atoms with Gasteiger partial charge in [0.2, 0.25) is 17.7 Å². The van der Waals surface area contributed by atoms with Gasteiger partial charge in [0.25, 0.3) is 5.91 Å². The molecular formula is C37H53N5O10S. The van der Waals surface area contributed by atoms with E-state index in [1.165, 1.54) is 4.90 Å². The van der Waals surface area contributed by atoms with Crippen LogP contribution in [-0.2, 0) is 33.6 Å². The zero-order valence-electron chi connectivity index (χ0n) is 32.0. The largest absolute Gasteiger partial charge is 0.497 e. The minimum Gasteiger partial charge on any atom is -0.497 e. The van der Waals surface area contributed by atoms with Gasteiger partial charge in [0.05, 0.1) is 19.3 Å². The number of methoxy groups -OCH3 is 1. The first kappa shape index (κ1) is 40.0. The Hall–Kier alpha value is -4.18. The molecule has 0 unspecified atom stereocenters. The summed E-state index contributed by atoms with van der Waals surface area (Å²) in [4.78, 5) is 61.3. The Morgan fingerprint density at radius 1 is 1.08 bits per heavy atom. The lowest BCUT2D eigenvalue weighted by Crippen LogP contribution is -2.60. The Morgan fingerprint density at radius 2 is 1.77 bits per heavy atom. The molecule has 292 valence electrons. The number of fused-ring (bicyclic) bond motifs is 1. The summed E-state index contributed by atoms with van der Waals surface area (Å²) in [7, 11) is -2.89. The first-order valence-corrected chi connectivity index (χ1v) is 19.5. The molecule has 2 aliphatic carbocycles. The third kappa shape index (κ3) is 9.50. The smallest absolute Gasteiger partial charge is 0.408 e. The van der Waals surface area contributed by atoms with Crippen molar-refractivity contribution in [3.63, 3.8) is 0 Å². The van der Waals surface area contributed by atoms with Crippen LogP contribution < -0.4 is 24.8 Å². The molecule has 4 amide bonds. The van der Waals surface area contributed by atoms with Gasteiger partial charge in [0.1, 0.15) is 35.1 Å². The molecule has 0 spiro atoms. The summed E-state index contributed by atoms with van der Waals surface area (Å²) in [6, 6.07) is 4.96. The molecule has 0 bridgehead atoms. The first-order valence-electron chi connectivity index (χ1n) is 18.1. The van der Waals surface area contributed by atoms with E-state index in [4.69, 9.17) is 18.4 Å². The van der Waals surface area contributed by atoms with Crippen LogP contribution in [-0.4, -0.2) is 90.7 Å². The van der Waals surface area contributed by atoms with E-state index >= 15 is 0 Å². The molecule has 53 heavy (non-hydrogen) atoms. The quantitative estimate of drug-likeness (QED) is 0.266. The second kappa shape index (κ2) is 14.6. The molecule has 5 rings (SSSR count). The Bertz CT molecular complexity index is 1850. The Kier molecular flexibility index (Phi) is 11.0. The van der Waals surface area contributed by atoms with E-state index in [-0.39, 0.29) is 25.3 Å². The highest BCUT2D eigenvalue weighted by Crippen LogP contribution is 2.48. The van der Waals surface area contributed by atoms with Gasteiger partial charge < -0.3 is 29.7 Å². The number of hydrogen-bond donors (Lipinski definition) is 3. The molecule has 5 atom stereocenters. The van der Waals surface area contributed by atoms with Crippen LogP contribution in [0.15, 0.2) is 30.5 Å². The van der Waals surface area contributed by atoms with Crippen LogP contribution in [0.25, 0.3) is 10.8 Å². The average Bonchev–Trinajstić information content (AvgIpc) is 3.89. The van der Waals surface area contributed by atoms with Crippen molar-refractivity contribution >= 4 is 44.9 Å². The molecule has 3 fully saturated rings. The summed E-state index contributed by atoms with van der Waals surface area (Å²) in [5.41, 5.74) is -4.05. The fourth-order valence-corrected chi connectivity index (χ4v) is 7.84. The van der Waals surface area contributed by atoms with Crippen LogP contribution in [0.2, 0.25) is 0 Å². The fourth-order valence-electron chi connectivity index (χ4n) is 6.69. The van der Waals surface area contributed by atoms with Gasteiger partial charge in [-0.2, -0.15) is 8.42 Å². The van der Waals surface area contributed by atoms with Crippen molar-refractivity contribution in [2.24, 2.45) is 11.3 Å². The van der Waals surface area contributed by atoms with Gasteiger partial charge in [0.15, 0.2) is 0 Å². The second-order valence-corrected chi connectivity index (χ2v) is 18.0. The van der Waals surface area contributed by atoms with Crippen LogP contribution in [0, 0.1) is 11.3 Å². The average molecular weight is 760 g/mol. The number of carbonyl (C=O) groups excluding carboxylic acids is 4. The number of alkyl carbamates (subject to hydrolysis) is 1. The molecule has 1 aliphatic heterocycles. The monoisotopic (exact) mass is 759 g/mol. The molecular weight excluding hydrogens is 706 g/mol. The number of benzene rings is 1. The van der Waals surface area contributed by atoms with E-state index in [1.54, 1.807) is 67.8 Å². The first-order chi connectivity index (χ1) is 24.6. The summed E-state index contributed by atoms with van der Waals surface area (Å²) < 4.78 is 50.1. The van der Waals surface area contributed by atoms with Gasteiger partial charge in [-0.05, 0) is 94.4 Å². The zero-order valence-corrected chi connectivity index (χ0v) is 32.8. The molecule has 1 saturated heterocycles. The van der Waals surface area contributed by atoms with E-state index in [0.717, 1.165) is 5.39 Å². The van der Waals surface area contributed by atoms with Crippen molar-refractivity contribution in [2.45, 2.75) is 129 Å². The molecule has 1 aromatic heterocycles. The van der Waals surface area contributed by atoms with E-state index < -0.39 is 74.5 Å². The third-order valence-electron chi connectivity index (χ3n) is 9.81. The molecule has 15 nitrogen and oxygen atoms in total. The van der Waals surface area contributed by atoms with Crippen molar-refractivity contribution in [1.82, 2.24) is 25.2 Å². The highest BCUT2D eigenvalue weighted by Gasteiger charge is 2.62. The number of rotatable bonds is 13. The number of nitrogens with zero attached hydrogens (tertiary/aromatic N) is 2. The van der Waals surface area contributed by atoms with Crippen LogP contribution in [0.5, 0.6) is 11.6 Å². The summed E-state index contributed by atoms with van der Waals surface area (Å²) >= 11 is 0. The van der Waals surface area contributed by atoms with Crippen molar-refractivity contribution in [3.8, 4) is 11.6 Å². The molecule has 2 aromatic rings. The van der Waals surface area contributed by atoms with Crippen LogP contribution in [0.4, 0.5) is 4.79 Å². The Labute approximate surface area is 311 Å². The van der Waals surface area contributed by atoms with E-state index in [0.29, 0.717) is 42.7 Å². The van der Waals surface area contributed by atoms with Gasteiger partial charge >= 0.3 is 16.4 Å². The number of amides is 4. The molecule has 3 N–H and O–H groups in total. The van der Waals surface area contributed by atoms with E-state index in [9.17, 15) is 27.6 Å². The molecule has 16 heteroatoms. The number of carbonyl (C=O) groups is 4. The van der Waals surface area contributed by atoms with Crippen molar-refractivity contribution in [1.29, 1.82) is 0 Å². The minimum atomic E-state index is -4.46. The number of nitrogens with one attached hydrogen (secondary N) is 3. The van der Waals surface area contributed by atoms with Crippen molar-refractivity contribution in [2.75, 3.05) is 13.7 Å². The number of aromatic nitrogens is 1. The molecule has 1 aromatic carbocycles. The van der Waals surface area contributed by atoms with Crippen LogP contribution >= 0.6 is 0 Å². The topological polar surface area (TPSA) is 192 Å². The predicted octanol–water partition coefficient (Wildman–Crippen LogP) is 4.14. The fraction of sp³-hybridized carbons (Fsp3) is 0.649. The molecule has 2 saturated carbocycles. The van der Waals surface area contributed by atoms with Crippen molar-refractivity contribution < 1.29 is 46.0 Å². The lowest BCUT2D eigenvalue weighted by atomic mass is 9.85. The summed E-state index contributed by atoms with van der Waals surface area (Å²) in [6.45, 7) is 14.0. The minimum absolute atomic E-state index is 0.0189. The zero-order chi connectivity index (χ0) is 39.1. The predicted molar refractivity (Wildman–Crippen MR) is 195 cm³/mol. The van der Waals surface area contributed by atoms with Gasteiger partial charge in [-0.3, -0.25) is 14.4 Å². The number of pyridine rings is 1. The lowest BCUT2D eigenvalue weighted by Gasteiger charge is -2.36. The van der Waals surface area contributed by atoms with Gasteiger partial charge in [-0.1, -0.05) is 34.1 Å². The van der Waals surface area contributed by atoms with Crippen LogP contribution in [0.1, 0.15) is 93.9 Å². The van der Waals surface area contributed by atoms with Gasteiger partial charge in [-0.15, -0.1) is 0 Å². The van der Waals surface area contributed by atoms with E-state index in [1.807, 2.05) is 29.8 Å². The maximum Gasteiger partial charge on any atom is 0.408 e. The maximum absolute atomic E-state index is 14.5. The SMILES string of the molecule is CCC[C@@H]1C[C@]1(NC(=O)[C@@H]1C[C@@H](Oc2nccc3cc(OC)ccc23)CN1C(=O)[C@@H](NC(=O)OC(C)(C)C)C(C)(C)C)C(=O)NS(=O)(=O)OC1(C)CC1. The second-order valence-electron chi connectivity index (χ2n) is 16.7. The normalized spacial score (nSPS) is 24.2. The molecule has 0 radical (unpaired) electrons. The number of ether oxygens (including phenoxy) is 3. The van der Waals surface area contributed by atoms with Crippen LogP contribution in [0.3, 0.4) is 0 Å². The molecule has 2 heterocycles. The Morgan fingerprint density at radius 3 is 2.38 bits per heavy atom. The van der Waals surface area contributed by atoms with Gasteiger partial charge in [0, 0.05) is 18.0 Å². The summed E-state index contributed by atoms with van der Waals surface area (Å²) in [5.74, 6) is -1.52. The lowest BCUT2D eigenvalue weighted by molar-refractivity contribution is -0.143. The standard InChI is InChI=1S/C37H53N5O10S/c1-10-11-23-20-37(23,32(45)41-53(47,48)52-36(8)15-16-36)40-29(43)27-19-25(50-30-26-13-12-24(49-9)18-22(26)14-17-38-30)21-42(27)31(44)28(34(2,3)4)39-33(46)51-35(5,6)7/h12-14,17-18,23,25,27-28H,10-11,15-16,19-21H2,1-9H3,(H,39,46)(H,40,43)(H,41,45)/t23-,25-,27+,28-,37-/m1/s1. The number of hydrogen-bond acceptors (Lipinski definition) is 11. The third-order valence-corrected chi connectivity index (χ3v) is 10.9. The van der Waals surface area contributed by atoms with E-state index in [2.05, 4.69) is 15.6 Å². The summed E-state index contributed by atoms with van der Waals surface area (Å²) in [6.07, 6.45) is 2.61. The summed E-state index contributed by atoms with van der Waals surface area (Å²) in [5, 5.41) is 7.05. The maximum atomic E-state index is 14.5. The van der Waals surface area contributed by atoms with Gasteiger partial charge in [-0.25, -0.2) is 18.7 Å². The highest BCUT2D eigenvalue weighted by molar-refractivity contribution is 7.85. The highest BCUT2D eigenvalue weighted by atomic mass is 32.2. The number of likely N-dealkylation sites (tertiary alicyclic amines) is 1. The van der Waals surface area contributed by atoms with Crippen molar-refractivity contribution in [3.05, 3.63) is 30.5 Å².